The van der Waals surface area contributed by atoms with Gasteiger partial charge in [-0.1, -0.05) is 6.07 Å². The molecule has 0 saturated heterocycles. The number of nitro benzene ring substituents is 1. The summed E-state index contributed by atoms with van der Waals surface area (Å²) < 4.78 is 44.2. The number of amides is 2. The number of rotatable bonds is 3. The fraction of sp³-hybridized carbons (Fsp3) is 0.0667. The Kier molecular flexibility index (Phi) is 3.67. The number of imide groups is 1. The van der Waals surface area contributed by atoms with Crippen molar-refractivity contribution in [2.45, 2.75) is 6.18 Å². The molecule has 7 nitrogen and oxygen atoms in total. The van der Waals surface area contributed by atoms with Crippen LogP contribution >= 0.6 is 0 Å². The largest absolute Gasteiger partial charge is 0.456 e. The molecule has 3 rings (SSSR count). The highest BCUT2D eigenvalue weighted by molar-refractivity contribution is 6.22. The highest BCUT2D eigenvalue weighted by atomic mass is 19.4. The Bertz CT molecular complexity index is 924. The standard InChI is InChI=1S/C15H7F3N2O5/c16-15(17,18)9-6-7(4-5-10(9)20(23)24)25-11-3-1-2-8-12(11)14(22)19-13(8)21/h1-6H,(H,19,21,22). The van der Waals surface area contributed by atoms with Gasteiger partial charge < -0.3 is 4.74 Å². The van der Waals surface area contributed by atoms with Crippen LogP contribution in [0.4, 0.5) is 18.9 Å². The lowest BCUT2D eigenvalue weighted by molar-refractivity contribution is -0.388. The van der Waals surface area contributed by atoms with Crippen molar-refractivity contribution in [1.82, 2.24) is 5.32 Å². The van der Waals surface area contributed by atoms with Gasteiger partial charge in [-0.2, -0.15) is 13.2 Å². The molecule has 0 spiro atoms. The Morgan fingerprint density at radius 1 is 1.08 bits per heavy atom. The zero-order valence-electron chi connectivity index (χ0n) is 12.1. The van der Waals surface area contributed by atoms with Crippen LogP contribution in [0.25, 0.3) is 0 Å². The number of benzene rings is 2. The lowest BCUT2D eigenvalue weighted by atomic mass is 10.1. The molecule has 1 aliphatic rings. The average Bonchev–Trinajstić information content (AvgIpc) is 2.82. The van der Waals surface area contributed by atoms with Gasteiger partial charge in [0.2, 0.25) is 0 Å². The van der Waals surface area contributed by atoms with Gasteiger partial charge >= 0.3 is 6.18 Å². The second kappa shape index (κ2) is 5.58. The topological polar surface area (TPSA) is 98.5 Å². The van der Waals surface area contributed by atoms with E-state index >= 15 is 0 Å². The zero-order valence-corrected chi connectivity index (χ0v) is 12.1. The van der Waals surface area contributed by atoms with Gasteiger partial charge in [-0.3, -0.25) is 25.0 Å². The maximum atomic E-state index is 13.0. The maximum Gasteiger partial charge on any atom is 0.423 e. The molecule has 0 atom stereocenters. The monoisotopic (exact) mass is 352 g/mol. The molecule has 0 radical (unpaired) electrons. The van der Waals surface area contributed by atoms with E-state index in [1.165, 1.54) is 18.2 Å². The summed E-state index contributed by atoms with van der Waals surface area (Å²) in [6.45, 7) is 0. The summed E-state index contributed by atoms with van der Waals surface area (Å²) in [4.78, 5) is 32.9. The Hall–Kier alpha value is -3.43. The molecule has 25 heavy (non-hydrogen) atoms. The fourth-order valence-electron chi connectivity index (χ4n) is 2.36. The van der Waals surface area contributed by atoms with Crippen LogP contribution in [0.2, 0.25) is 0 Å². The summed E-state index contributed by atoms with van der Waals surface area (Å²) in [5.74, 6) is -1.89. The van der Waals surface area contributed by atoms with Crippen LogP contribution in [-0.2, 0) is 6.18 Å². The predicted octanol–water partition coefficient (Wildman–Crippen LogP) is 3.29. The summed E-state index contributed by atoms with van der Waals surface area (Å²) in [6, 6.07) is 6.15. The van der Waals surface area contributed by atoms with Gasteiger partial charge in [0.05, 0.1) is 16.1 Å². The zero-order chi connectivity index (χ0) is 18.4. The van der Waals surface area contributed by atoms with Crippen LogP contribution in [-0.4, -0.2) is 16.7 Å². The van der Waals surface area contributed by atoms with E-state index in [4.69, 9.17) is 4.74 Å². The summed E-state index contributed by atoms with van der Waals surface area (Å²) in [5.41, 5.74) is -2.69. The van der Waals surface area contributed by atoms with Gasteiger partial charge in [0, 0.05) is 6.07 Å². The quantitative estimate of drug-likeness (QED) is 0.519. The molecule has 0 bridgehead atoms. The van der Waals surface area contributed by atoms with E-state index in [-0.39, 0.29) is 22.6 Å². The number of ether oxygens (including phenoxy) is 1. The van der Waals surface area contributed by atoms with Crippen LogP contribution < -0.4 is 10.1 Å². The molecule has 10 heteroatoms. The van der Waals surface area contributed by atoms with E-state index in [1.807, 2.05) is 5.32 Å². The van der Waals surface area contributed by atoms with E-state index in [9.17, 15) is 32.9 Å². The van der Waals surface area contributed by atoms with Crippen molar-refractivity contribution in [3.63, 3.8) is 0 Å². The van der Waals surface area contributed by atoms with Crippen LogP contribution in [0.15, 0.2) is 36.4 Å². The first kappa shape index (κ1) is 16.4. The predicted molar refractivity (Wildman–Crippen MR) is 76.4 cm³/mol. The second-order valence-corrected chi connectivity index (χ2v) is 5.00. The summed E-state index contributed by atoms with van der Waals surface area (Å²) in [5, 5.41) is 12.8. The minimum absolute atomic E-state index is 0.0282. The number of hydrogen-bond acceptors (Lipinski definition) is 5. The number of nitrogens with one attached hydrogen (secondary N) is 1. The summed E-state index contributed by atoms with van der Waals surface area (Å²) >= 11 is 0. The molecule has 2 aromatic rings. The molecular weight excluding hydrogens is 345 g/mol. The number of fused-ring (bicyclic) bond motifs is 1. The molecule has 1 heterocycles. The van der Waals surface area contributed by atoms with Crippen LogP contribution in [0.3, 0.4) is 0 Å². The van der Waals surface area contributed by atoms with Crippen molar-refractivity contribution in [2.75, 3.05) is 0 Å². The van der Waals surface area contributed by atoms with Gasteiger partial charge in [0.15, 0.2) is 0 Å². The molecular formula is C15H7F3N2O5. The van der Waals surface area contributed by atoms with E-state index in [0.717, 1.165) is 6.07 Å². The number of halogens is 3. The third-order valence-corrected chi connectivity index (χ3v) is 3.42. The minimum atomic E-state index is -4.96. The number of carbonyl (C=O) groups is 2. The van der Waals surface area contributed by atoms with E-state index in [2.05, 4.69) is 0 Å². The van der Waals surface area contributed by atoms with Gasteiger partial charge in [-0.15, -0.1) is 0 Å². The highest BCUT2D eigenvalue weighted by Crippen LogP contribution is 2.39. The average molecular weight is 352 g/mol. The van der Waals surface area contributed by atoms with Gasteiger partial charge in [-0.05, 0) is 24.3 Å². The van der Waals surface area contributed by atoms with Crippen molar-refractivity contribution in [3.05, 3.63) is 63.2 Å². The lowest BCUT2D eigenvalue weighted by Gasteiger charge is -2.12. The summed E-state index contributed by atoms with van der Waals surface area (Å²) in [6.07, 6.45) is -4.96. The van der Waals surface area contributed by atoms with Crippen LogP contribution in [0, 0.1) is 10.1 Å². The first-order chi connectivity index (χ1) is 11.7. The second-order valence-electron chi connectivity index (χ2n) is 5.00. The lowest BCUT2D eigenvalue weighted by Crippen LogP contribution is -2.20. The Morgan fingerprint density at radius 2 is 1.80 bits per heavy atom. The number of carbonyl (C=O) groups excluding carboxylic acids is 2. The number of alkyl halides is 3. The van der Waals surface area contributed by atoms with Crippen molar-refractivity contribution >= 4 is 17.5 Å². The number of nitro groups is 1. The van der Waals surface area contributed by atoms with Crippen molar-refractivity contribution < 1.29 is 32.4 Å². The van der Waals surface area contributed by atoms with E-state index < -0.39 is 34.2 Å². The molecule has 1 aliphatic heterocycles. The third kappa shape index (κ3) is 2.89. The molecule has 1 N–H and O–H groups in total. The van der Waals surface area contributed by atoms with Crippen molar-refractivity contribution in [2.24, 2.45) is 0 Å². The van der Waals surface area contributed by atoms with Gasteiger partial charge in [0.1, 0.15) is 17.1 Å². The normalized spacial score (nSPS) is 13.4. The molecule has 128 valence electrons. The molecule has 0 aromatic heterocycles. The number of hydrogen-bond donors (Lipinski definition) is 1. The Balaban J connectivity index is 2.05. The minimum Gasteiger partial charge on any atom is -0.456 e. The molecule has 0 aliphatic carbocycles. The molecule has 2 amide bonds. The Labute approximate surface area is 137 Å². The SMILES string of the molecule is O=C1NC(=O)c2c(Oc3ccc([N+](=O)[O-])c(C(F)(F)F)c3)cccc21. The van der Waals surface area contributed by atoms with Crippen LogP contribution in [0.1, 0.15) is 26.3 Å². The highest BCUT2D eigenvalue weighted by Gasteiger charge is 2.39. The fourth-order valence-corrected chi connectivity index (χ4v) is 2.36. The van der Waals surface area contributed by atoms with Gasteiger partial charge in [0.25, 0.3) is 17.5 Å². The first-order valence-corrected chi connectivity index (χ1v) is 6.70. The van der Waals surface area contributed by atoms with Crippen molar-refractivity contribution in [1.29, 1.82) is 0 Å². The van der Waals surface area contributed by atoms with Crippen LogP contribution in [0.5, 0.6) is 11.5 Å². The van der Waals surface area contributed by atoms with Crippen molar-refractivity contribution in [3.8, 4) is 11.5 Å². The molecule has 0 unspecified atom stereocenters. The third-order valence-electron chi connectivity index (χ3n) is 3.42. The molecule has 0 fully saturated rings. The number of nitrogens with zero attached hydrogens (tertiary/aromatic N) is 1. The van der Waals surface area contributed by atoms with Gasteiger partial charge in [-0.25, -0.2) is 0 Å². The smallest absolute Gasteiger partial charge is 0.423 e. The maximum absolute atomic E-state index is 13.0. The van der Waals surface area contributed by atoms with E-state index in [1.54, 1.807) is 0 Å². The molecule has 2 aromatic carbocycles. The first-order valence-electron chi connectivity index (χ1n) is 6.70. The summed E-state index contributed by atoms with van der Waals surface area (Å²) in [7, 11) is 0. The van der Waals surface area contributed by atoms with E-state index in [0.29, 0.717) is 12.1 Å². The Morgan fingerprint density at radius 3 is 2.44 bits per heavy atom. The molecule has 0 saturated carbocycles.